The standard InChI is InChI=1S/C20H24FN3O/c1-15-7-8-18(17(21)13-15)22-20(25)14-23-9-11-24(12-10-23)19-6-4-3-5-16(19)2/h3-8,13H,9-12,14H2,1-2H3,(H,22,25)/p+1. The molecular weight excluding hydrogens is 317 g/mol. The number of rotatable bonds is 4. The third kappa shape index (κ3) is 4.37. The van der Waals surface area contributed by atoms with E-state index in [0.717, 1.165) is 31.7 Å². The lowest BCUT2D eigenvalue weighted by Crippen LogP contribution is -3.15. The summed E-state index contributed by atoms with van der Waals surface area (Å²) in [4.78, 5) is 15.8. The molecule has 0 spiro atoms. The molecule has 2 N–H and O–H groups in total. The van der Waals surface area contributed by atoms with E-state index >= 15 is 0 Å². The maximum Gasteiger partial charge on any atom is 0.279 e. The molecule has 132 valence electrons. The molecule has 1 fully saturated rings. The lowest BCUT2D eigenvalue weighted by molar-refractivity contribution is -0.892. The number of nitrogens with one attached hydrogen (secondary N) is 2. The van der Waals surface area contributed by atoms with Crippen molar-refractivity contribution in [1.82, 2.24) is 0 Å². The predicted octanol–water partition coefficient (Wildman–Crippen LogP) is 1.79. The number of piperazine rings is 1. The van der Waals surface area contributed by atoms with Crippen LogP contribution >= 0.6 is 0 Å². The van der Waals surface area contributed by atoms with Crippen molar-refractivity contribution in [3.05, 3.63) is 59.4 Å². The molecule has 0 radical (unpaired) electrons. The van der Waals surface area contributed by atoms with Crippen molar-refractivity contribution in [3.8, 4) is 0 Å². The number of amides is 1. The number of para-hydroxylation sites is 1. The molecule has 5 heteroatoms. The second kappa shape index (κ2) is 7.66. The molecule has 1 aliphatic heterocycles. The zero-order valence-electron chi connectivity index (χ0n) is 14.8. The first kappa shape index (κ1) is 17.4. The summed E-state index contributed by atoms with van der Waals surface area (Å²) < 4.78 is 13.8. The van der Waals surface area contributed by atoms with Gasteiger partial charge in [0, 0.05) is 5.69 Å². The van der Waals surface area contributed by atoms with E-state index in [1.807, 2.05) is 6.92 Å². The maximum atomic E-state index is 13.8. The van der Waals surface area contributed by atoms with E-state index in [1.165, 1.54) is 22.2 Å². The Morgan fingerprint density at radius 3 is 2.56 bits per heavy atom. The second-order valence-electron chi connectivity index (χ2n) is 6.73. The average molecular weight is 342 g/mol. The normalized spacial score (nSPS) is 15.2. The van der Waals surface area contributed by atoms with Gasteiger partial charge in [-0.3, -0.25) is 4.79 Å². The van der Waals surface area contributed by atoms with Crippen LogP contribution < -0.4 is 15.1 Å². The first-order valence-corrected chi connectivity index (χ1v) is 8.73. The third-order valence-corrected chi connectivity index (χ3v) is 4.74. The molecule has 0 aliphatic carbocycles. The van der Waals surface area contributed by atoms with Crippen LogP contribution in [0.25, 0.3) is 0 Å². The van der Waals surface area contributed by atoms with Crippen LogP contribution in [0.15, 0.2) is 42.5 Å². The van der Waals surface area contributed by atoms with Crippen molar-refractivity contribution in [1.29, 1.82) is 0 Å². The predicted molar refractivity (Wildman–Crippen MR) is 98.7 cm³/mol. The molecule has 0 saturated carbocycles. The van der Waals surface area contributed by atoms with Crippen molar-refractivity contribution in [2.24, 2.45) is 0 Å². The van der Waals surface area contributed by atoms with E-state index in [0.29, 0.717) is 6.54 Å². The number of halogens is 1. The molecule has 0 atom stereocenters. The van der Waals surface area contributed by atoms with Crippen LogP contribution in [0.4, 0.5) is 15.8 Å². The first-order valence-electron chi connectivity index (χ1n) is 8.73. The minimum Gasteiger partial charge on any atom is -0.360 e. The van der Waals surface area contributed by atoms with Gasteiger partial charge in [0.25, 0.3) is 5.91 Å². The molecular formula is C20H25FN3O+. The summed E-state index contributed by atoms with van der Waals surface area (Å²) in [5.74, 6) is -0.519. The van der Waals surface area contributed by atoms with E-state index in [-0.39, 0.29) is 17.4 Å². The van der Waals surface area contributed by atoms with Crippen molar-refractivity contribution < 1.29 is 14.1 Å². The Morgan fingerprint density at radius 2 is 1.88 bits per heavy atom. The van der Waals surface area contributed by atoms with Crippen molar-refractivity contribution in [3.63, 3.8) is 0 Å². The minimum atomic E-state index is -0.382. The Hall–Kier alpha value is -2.40. The fourth-order valence-electron chi connectivity index (χ4n) is 3.30. The number of aryl methyl sites for hydroxylation is 2. The molecule has 0 aromatic heterocycles. The molecule has 1 heterocycles. The number of anilines is 2. The zero-order valence-corrected chi connectivity index (χ0v) is 14.8. The minimum absolute atomic E-state index is 0.137. The average Bonchev–Trinajstić information content (AvgIpc) is 2.59. The highest BCUT2D eigenvalue weighted by Crippen LogP contribution is 2.19. The highest BCUT2D eigenvalue weighted by molar-refractivity contribution is 5.91. The van der Waals surface area contributed by atoms with Crippen LogP contribution in [-0.2, 0) is 4.79 Å². The smallest absolute Gasteiger partial charge is 0.279 e. The molecule has 2 aromatic carbocycles. The van der Waals surface area contributed by atoms with Gasteiger partial charge in [-0.2, -0.15) is 0 Å². The molecule has 0 unspecified atom stereocenters. The monoisotopic (exact) mass is 342 g/mol. The van der Waals surface area contributed by atoms with Gasteiger partial charge in [-0.25, -0.2) is 4.39 Å². The largest absolute Gasteiger partial charge is 0.360 e. The number of quaternary nitrogens is 1. The Labute approximate surface area is 148 Å². The number of benzene rings is 2. The van der Waals surface area contributed by atoms with Crippen LogP contribution in [0.3, 0.4) is 0 Å². The molecule has 0 bridgehead atoms. The summed E-state index contributed by atoms with van der Waals surface area (Å²) in [7, 11) is 0. The Morgan fingerprint density at radius 1 is 1.16 bits per heavy atom. The molecule has 1 saturated heterocycles. The lowest BCUT2D eigenvalue weighted by atomic mass is 10.1. The maximum absolute atomic E-state index is 13.8. The summed E-state index contributed by atoms with van der Waals surface area (Å²) in [6, 6.07) is 13.2. The molecule has 25 heavy (non-hydrogen) atoms. The summed E-state index contributed by atoms with van der Waals surface area (Å²) in [5, 5.41) is 2.69. The van der Waals surface area contributed by atoms with Gasteiger partial charge in [0.15, 0.2) is 6.54 Å². The fraction of sp³-hybridized carbons (Fsp3) is 0.350. The zero-order chi connectivity index (χ0) is 17.8. The molecule has 1 aliphatic rings. The van der Waals surface area contributed by atoms with Gasteiger partial charge >= 0.3 is 0 Å². The van der Waals surface area contributed by atoms with Crippen LogP contribution in [0.2, 0.25) is 0 Å². The van der Waals surface area contributed by atoms with Crippen molar-refractivity contribution in [2.45, 2.75) is 13.8 Å². The summed E-state index contributed by atoms with van der Waals surface area (Å²) in [6.07, 6.45) is 0. The number of hydrogen-bond acceptors (Lipinski definition) is 2. The third-order valence-electron chi connectivity index (χ3n) is 4.74. The van der Waals surface area contributed by atoms with E-state index < -0.39 is 0 Å². The molecule has 4 nitrogen and oxygen atoms in total. The van der Waals surface area contributed by atoms with Crippen LogP contribution in [0.5, 0.6) is 0 Å². The lowest BCUT2D eigenvalue weighted by Gasteiger charge is -2.34. The van der Waals surface area contributed by atoms with Crippen molar-refractivity contribution >= 4 is 17.3 Å². The van der Waals surface area contributed by atoms with E-state index in [2.05, 4.69) is 41.4 Å². The van der Waals surface area contributed by atoms with Crippen LogP contribution in [0, 0.1) is 19.7 Å². The van der Waals surface area contributed by atoms with Gasteiger partial charge in [-0.1, -0.05) is 24.3 Å². The highest BCUT2D eigenvalue weighted by atomic mass is 19.1. The van der Waals surface area contributed by atoms with E-state index in [1.54, 1.807) is 12.1 Å². The van der Waals surface area contributed by atoms with Gasteiger partial charge in [0.05, 0.1) is 31.9 Å². The van der Waals surface area contributed by atoms with Gasteiger partial charge in [-0.15, -0.1) is 0 Å². The Balaban J connectivity index is 1.52. The highest BCUT2D eigenvalue weighted by Gasteiger charge is 2.23. The van der Waals surface area contributed by atoms with E-state index in [9.17, 15) is 9.18 Å². The number of nitrogens with zero attached hydrogens (tertiary/aromatic N) is 1. The number of hydrogen-bond donors (Lipinski definition) is 2. The van der Waals surface area contributed by atoms with Crippen LogP contribution in [0.1, 0.15) is 11.1 Å². The van der Waals surface area contributed by atoms with Crippen molar-refractivity contribution in [2.75, 3.05) is 42.9 Å². The summed E-state index contributed by atoms with van der Waals surface area (Å²) >= 11 is 0. The molecule has 1 amide bonds. The second-order valence-corrected chi connectivity index (χ2v) is 6.73. The summed E-state index contributed by atoms with van der Waals surface area (Å²) in [6.45, 7) is 7.97. The van der Waals surface area contributed by atoms with Gasteiger partial charge in [0.2, 0.25) is 0 Å². The molecule has 2 aromatic rings. The summed E-state index contributed by atoms with van der Waals surface area (Å²) in [5.41, 5.74) is 3.65. The Bertz CT molecular complexity index is 754. The van der Waals surface area contributed by atoms with E-state index in [4.69, 9.17) is 0 Å². The topological polar surface area (TPSA) is 36.8 Å². The number of carbonyl (C=O) groups is 1. The SMILES string of the molecule is Cc1ccc(NC(=O)C[NH+]2CCN(c3ccccc3C)CC2)c(F)c1. The Kier molecular flexibility index (Phi) is 5.34. The number of carbonyl (C=O) groups excluding carboxylic acids is 1. The van der Waals surface area contributed by atoms with Crippen LogP contribution in [-0.4, -0.2) is 38.6 Å². The fourth-order valence-corrected chi connectivity index (χ4v) is 3.30. The quantitative estimate of drug-likeness (QED) is 0.889. The molecule has 3 rings (SSSR count). The van der Waals surface area contributed by atoms with Gasteiger partial charge in [0.1, 0.15) is 5.82 Å². The first-order chi connectivity index (χ1) is 12.0. The van der Waals surface area contributed by atoms with Gasteiger partial charge < -0.3 is 15.1 Å². The van der Waals surface area contributed by atoms with Gasteiger partial charge in [-0.05, 0) is 43.2 Å².